The predicted molar refractivity (Wildman–Crippen MR) is 74.7 cm³/mol. The van der Waals surface area contributed by atoms with Crippen LogP contribution in [0.4, 0.5) is 0 Å². The SMILES string of the molecule is O=C(NCCn1nnc2ccccc2c1=O)c1cnc[nH]1. The van der Waals surface area contributed by atoms with E-state index in [-0.39, 0.29) is 24.6 Å². The third kappa shape index (κ3) is 2.64. The molecular formula is C13H12N6O2. The molecule has 1 aromatic carbocycles. The first-order chi connectivity index (χ1) is 10.3. The van der Waals surface area contributed by atoms with Gasteiger partial charge in [-0.25, -0.2) is 9.67 Å². The van der Waals surface area contributed by atoms with Gasteiger partial charge < -0.3 is 10.3 Å². The van der Waals surface area contributed by atoms with E-state index in [4.69, 9.17) is 0 Å². The Morgan fingerprint density at radius 3 is 3.00 bits per heavy atom. The van der Waals surface area contributed by atoms with Gasteiger partial charge >= 0.3 is 0 Å². The lowest BCUT2D eigenvalue weighted by Crippen LogP contribution is -2.32. The first kappa shape index (κ1) is 13.0. The molecule has 3 aromatic rings. The second-order valence-corrected chi connectivity index (χ2v) is 4.36. The second kappa shape index (κ2) is 5.53. The highest BCUT2D eigenvalue weighted by molar-refractivity contribution is 5.91. The van der Waals surface area contributed by atoms with E-state index in [1.54, 1.807) is 24.3 Å². The second-order valence-electron chi connectivity index (χ2n) is 4.36. The zero-order valence-electron chi connectivity index (χ0n) is 11.0. The number of nitrogens with one attached hydrogen (secondary N) is 2. The number of rotatable bonds is 4. The number of amides is 1. The van der Waals surface area contributed by atoms with E-state index in [2.05, 4.69) is 25.6 Å². The Morgan fingerprint density at radius 1 is 1.33 bits per heavy atom. The highest BCUT2D eigenvalue weighted by atomic mass is 16.2. The summed E-state index contributed by atoms with van der Waals surface area (Å²) >= 11 is 0. The van der Waals surface area contributed by atoms with Crippen molar-refractivity contribution in [3.8, 4) is 0 Å². The topological polar surface area (TPSA) is 106 Å². The number of aromatic amines is 1. The van der Waals surface area contributed by atoms with E-state index >= 15 is 0 Å². The Morgan fingerprint density at radius 2 is 2.19 bits per heavy atom. The van der Waals surface area contributed by atoms with Crippen LogP contribution in [0.5, 0.6) is 0 Å². The van der Waals surface area contributed by atoms with Crippen LogP contribution in [0.15, 0.2) is 41.6 Å². The first-order valence-electron chi connectivity index (χ1n) is 6.35. The zero-order valence-corrected chi connectivity index (χ0v) is 11.0. The van der Waals surface area contributed by atoms with E-state index in [1.807, 2.05) is 0 Å². The molecule has 0 spiro atoms. The fraction of sp³-hybridized carbons (Fsp3) is 0.154. The first-order valence-corrected chi connectivity index (χ1v) is 6.35. The third-order valence-electron chi connectivity index (χ3n) is 2.98. The van der Waals surface area contributed by atoms with Gasteiger partial charge in [0.1, 0.15) is 11.2 Å². The van der Waals surface area contributed by atoms with Crippen molar-refractivity contribution in [3.05, 3.63) is 52.8 Å². The van der Waals surface area contributed by atoms with Crippen molar-refractivity contribution >= 4 is 16.8 Å². The summed E-state index contributed by atoms with van der Waals surface area (Å²) in [6.45, 7) is 0.515. The smallest absolute Gasteiger partial charge is 0.277 e. The molecule has 106 valence electrons. The molecule has 0 saturated carbocycles. The molecule has 0 aliphatic carbocycles. The van der Waals surface area contributed by atoms with Crippen molar-refractivity contribution in [2.75, 3.05) is 6.54 Å². The molecule has 8 nitrogen and oxygen atoms in total. The lowest BCUT2D eigenvalue weighted by Gasteiger charge is -2.05. The average Bonchev–Trinajstić information content (AvgIpc) is 3.04. The Hall–Kier alpha value is -3.03. The van der Waals surface area contributed by atoms with E-state index in [0.29, 0.717) is 16.6 Å². The number of carbonyl (C=O) groups is 1. The van der Waals surface area contributed by atoms with Gasteiger partial charge in [0, 0.05) is 6.54 Å². The Bertz CT molecular complexity index is 824. The molecule has 21 heavy (non-hydrogen) atoms. The van der Waals surface area contributed by atoms with Crippen LogP contribution >= 0.6 is 0 Å². The standard InChI is InChI=1S/C13H12N6O2/c20-12(11-7-14-8-16-11)15-5-6-19-13(21)9-3-1-2-4-10(9)17-18-19/h1-4,7-8H,5-6H2,(H,14,16)(H,15,20). The number of hydrogen-bond acceptors (Lipinski definition) is 5. The minimum atomic E-state index is -0.283. The molecule has 0 atom stereocenters. The van der Waals surface area contributed by atoms with Gasteiger partial charge in [-0.15, -0.1) is 5.10 Å². The molecule has 0 radical (unpaired) electrons. The summed E-state index contributed by atoms with van der Waals surface area (Å²) in [4.78, 5) is 30.3. The van der Waals surface area contributed by atoms with Gasteiger partial charge in [0.2, 0.25) is 0 Å². The highest BCUT2D eigenvalue weighted by Crippen LogP contribution is 2.02. The zero-order chi connectivity index (χ0) is 14.7. The summed E-state index contributed by atoms with van der Waals surface area (Å²) in [6.07, 6.45) is 2.85. The molecule has 0 fully saturated rings. The molecule has 8 heteroatoms. The molecule has 2 N–H and O–H groups in total. The number of imidazole rings is 1. The number of benzene rings is 1. The summed E-state index contributed by atoms with van der Waals surface area (Å²) in [5, 5.41) is 11.0. The average molecular weight is 284 g/mol. The predicted octanol–water partition coefficient (Wildman–Crippen LogP) is -0.0554. The maximum atomic E-state index is 12.2. The van der Waals surface area contributed by atoms with E-state index in [0.717, 1.165) is 0 Å². The third-order valence-corrected chi connectivity index (χ3v) is 2.98. The minimum Gasteiger partial charge on any atom is -0.349 e. The van der Waals surface area contributed by atoms with Crippen molar-refractivity contribution < 1.29 is 4.79 Å². The van der Waals surface area contributed by atoms with Crippen LogP contribution in [0, 0.1) is 0 Å². The summed E-state index contributed by atoms with van der Waals surface area (Å²) in [5.74, 6) is -0.283. The maximum Gasteiger partial charge on any atom is 0.277 e. The van der Waals surface area contributed by atoms with Crippen LogP contribution in [0.3, 0.4) is 0 Å². The fourth-order valence-corrected chi connectivity index (χ4v) is 1.92. The molecule has 1 amide bonds. The molecule has 0 aliphatic rings. The molecule has 0 unspecified atom stereocenters. The molecule has 2 heterocycles. The monoisotopic (exact) mass is 284 g/mol. The van der Waals surface area contributed by atoms with Crippen LogP contribution in [0.25, 0.3) is 10.9 Å². The number of aromatic nitrogens is 5. The van der Waals surface area contributed by atoms with Crippen LogP contribution in [-0.4, -0.2) is 37.4 Å². The number of hydrogen-bond donors (Lipinski definition) is 2. The molecule has 0 saturated heterocycles. The molecular weight excluding hydrogens is 272 g/mol. The highest BCUT2D eigenvalue weighted by Gasteiger charge is 2.07. The van der Waals surface area contributed by atoms with Crippen LogP contribution in [-0.2, 0) is 6.54 Å². The molecule has 0 bridgehead atoms. The summed E-state index contributed by atoms with van der Waals surface area (Å²) in [6, 6.07) is 7.00. The van der Waals surface area contributed by atoms with Crippen molar-refractivity contribution in [2.45, 2.75) is 6.54 Å². The van der Waals surface area contributed by atoms with Crippen molar-refractivity contribution in [1.29, 1.82) is 0 Å². The van der Waals surface area contributed by atoms with Gasteiger partial charge in [-0.3, -0.25) is 9.59 Å². The minimum absolute atomic E-state index is 0.226. The Balaban J connectivity index is 1.70. The number of H-pyrrole nitrogens is 1. The van der Waals surface area contributed by atoms with Gasteiger partial charge in [-0.1, -0.05) is 17.3 Å². The molecule has 3 rings (SSSR count). The van der Waals surface area contributed by atoms with Gasteiger partial charge in [0.25, 0.3) is 11.5 Å². The number of nitrogens with zero attached hydrogens (tertiary/aromatic N) is 4. The fourth-order valence-electron chi connectivity index (χ4n) is 1.92. The number of fused-ring (bicyclic) bond motifs is 1. The van der Waals surface area contributed by atoms with E-state index in [1.165, 1.54) is 17.2 Å². The van der Waals surface area contributed by atoms with E-state index < -0.39 is 0 Å². The van der Waals surface area contributed by atoms with Gasteiger partial charge in [0.15, 0.2) is 0 Å². The van der Waals surface area contributed by atoms with Gasteiger partial charge in [0.05, 0.1) is 24.5 Å². The molecule has 0 aliphatic heterocycles. The number of carbonyl (C=O) groups excluding carboxylic acids is 1. The normalized spacial score (nSPS) is 10.7. The summed E-state index contributed by atoms with van der Waals surface area (Å²) in [7, 11) is 0. The van der Waals surface area contributed by atoms with Crippen LogP contribution < -0.4 is 10.9 Å². The maximum absolute atomic E-state index is 12.2. The Labute approximate surface area is 118 Å². The van der Waals surface area contributed by atoms with Crippen LogP contribution in [0.2, 0.25) is 0 Å². The largest absolute Gasteiger partial charge is 0.349 e. The van der Waals surface area contributed by atoms with Crippen molar-refractivity contribution in [3.63, 3.8) is 0 Å². The lowest BCUT2D eigenvalue weighted by atomic mass is 10.2. The summed E-state index contributed by atoms with van der Waals surface area (Å²) < 4.78 is 1.23. The Kier molecular flexibility index (Phi) is 3.42. The summed E-state index contributed by atoms with van der Waals surface area (Å²) in [5.41, 5.74) is 0.698. The molecule has 2 aromatic heterocycles. The van der Waals surface area contributed by atoms with Gasteiger partial charge in [-0.05, 0) is 12.1 Å². The quantitative estimate of drug-likeness (QED) is 0.698. The van der Waals surface area contributed by atoms with Gasteiger partial charge in [-0.2, -0.15) is 0 Å². The van der Waals surface area contributed by atoms with Crippen molar-refractivity contribution in [2.24, 2.45) is 0 Å². The lowest BCUT2D eigenvalue weighted by molar-refractivity contribution is 0.0947. The van der Waals surface area contributed by atoms with Crippen molar-refractivity contribution in [1.82, 2.24) is 30.3 Å². The van der Waals surface area contributed by atoms with E-state index in [9.17, 15) is 9.59 Å². The van der Waals surface area contributed by atoms with Crippen LogP contribution in [0.1, 0.15) is 10.5 Å².